The molecule has 6 amide bonds. The van der Waals surface area contributed by atoms with Crippen molar-refractivity contribution in [2.75, 3.05) is 19.6 Å². The Labute approximate surface area is 267 Å². The third-order valence-electron chi connectivity index (χ3n) is 8.20. The van der Waals surface area contributed by atoms with Crippen LogP contribution in [0.1, 0.15) is 52.0 Å². The average molecular weight is 645 g/mol. The summed E-state index contributed by atoms with van der Waals surface area (Å²) in [6.45, 7) is 4.79. The number of carbonyl (C=O) groups is 6. The number of hydrogen-bond donors (Lipinski definition) is 7. The summed E-state index contributed by atoms with van der Waals surface area (Å²) in [6, 6.07) is 2.50. The zero-order valence-electron chi connectivity index (χ0n) is 26.3. The van der Waals surface area contributed by atoms with Crippen LogP contribution in [0.2, 0.25) is 0 Å². The summed E-state index contributed by atoms with van der Waals surface area (Å²) >= 11 is 0. The van der Waals surface area contributed by atoms with E-state index in [2.05, 4.69) is 26.8 Å². The quantitative estimate of drug-likeness (QED) is 0.178. The highest BCUT2D eigenvalue weighted by molar-refractivity contribution is 5.97. The molecule has 0 spiro atoms. The van der Waals surface area contributed by atoms with Crippen molar-refractivity contribution in [1.29, 1.82) is 0 Å². The number of amides is 6. The first-order valence-electron chi connectivity index (χ1n) is 15.6. The van der Waals surface area contributed by atoms with Crippen LogP contribution >= 0.6 is 0 Å². The van der Waals surface area contributed by atoms with Gasteiger partial charge in [-0.05, 0) is 37.7 Å². The van der Waals surface area contributed by atoms with Crippen LogP contribution in [0, 0.1) is 5.92 Å². The molecule has 1 aromatic rings. The number of hydrazine groups is 2. The Hall–Kier alpha value is -4.12. The van der Waals surface area contributed by atoms with E-state index < -0.39 is 78.3 Å². The van der Waals surface area contributed by atoms with Crippen molar-refractivity contribution in [1.82, 2.24) is 41.9 Å². The number of rotatable bonds is 4. The van der Waals surface area contributed by atoms with Gasteiger partial charge in [0.2, 0.25) is 17.7 Å². The van der Waals surface area contributed by atoms with Gasteiger partial charge in [-0.25, -0.2) is 15.9 Å². The van der Waals surface area contributed by atoms with Crippen molar-refractivity contribution < 1.29 is 39.1 Å². The van der Waals surface area contributed by atoms with Crippen molar-refractivity contribution in [3.05, 3.63) is 35.9 Å². The molecular weight excluding hydrogens is 600 g/mol. The van der Waals surface area contributed by atoms with Gasteiger partial charge >= 0.3 is 0 Å². The van der Waals surface area contributed by atoms with Crippen LogP contribution in [0.5, 0.6) is 0 Å². The molecule has 4 rings (SSSR count). The van der Waals surface area contributed by atoms with Crippen molar-refractivity contribution >= 4 is 35.4 Å². The Balaban J connectivity index is 1.73. The minimum atomic E-state index is -1.48. The third-order valence-corrected chi connectivity index (χ3v) is 8.20. The number of nitrogens with zero attached hydrogens (tertiary/aromatic N) is 3. The molecule has 0 aromatic heterocycles. The Bertz CT molecular complexity index is 1300. The van der Waals surface area contributed by atoms with Gasteiger partial charge in [0.15, 0.2) is 0 Å². The lowest BCUT2D eigenvalue weighted by Crippen LogP contribution is -2.68. The highest BCUT2D eigenvalue weighted by Crippen LogP contribution is 2.21. The van der Waals surface area contributed by atoms with E-state index in [0.717, 1.165) is 10.0 Å². The predicted molar refractivity (Wildman–Crippen MR) is 162 cm³/mol. The van der Waals surface area contributed by atoms with Crippen LogP contribution in [-0.2, 0) is 35.2 Å². The van der Waals surface area contributed by atoms with Gasteiger partial charge in [0, 0.05) is 25.9 Å². The number of hydrogen-bond acceptors (Lipinski definition) is 10. The van der Waals surface area contributed by atoms with Crippen LogP contribution in [0.25, 0.3) is 0 Å². The number of carbonyl (C=O) groups excluding carboxylic acids is 6. The molecule has 16 nitrogen and oxygen atoms in total. The summed E-state index contributed by atoms with van der Waals surface area (Å²) in [5.74, 6) is -4.69. The lowest BCUT2D eigenvalue weighted by Gasteiger charge is -2.41. The number of β-amino-alcohol motifs (C(OH)–C–C–N with tert-alkyl or cyclic N) is 1. The molecule has 7 N–H and O–H groups in total. The number of aliphatic hydroxyl groups is 1. The maximum Gasteiger partial charge on any atom is 0.269 e. The van der Waals surface area contributed by atoms with E-state index in [9.17, 15) is 39.1 Å². The SMILES string of the molecule is CC(C)C[C@H]1C(=O)N2NC[C@H](O)C[C@@H]2C(=O)N[C@@H](C)C(=O)N2NCCC[C@@H]2C(=O)NCC(=O)N[C@H](Cc2ccccc2)C(=O)N1O. The van der Waals surface area contributed by atoms with E-state index in [0.29, 0.717) is 24.9 Å². The predicted octanol–water partition coefficient (Wildman–Crippen LogP) is -2.06. The number of fused-ring (bicyclic) bond motifs is 2. The number of hydroxylamine groups is 2. The summed E-state index contributed by atoms with van der Waals surface area (Å²) in [5, 5.41) is 31.8. The summed E-state index contributed by atoms with van der Waals surface area (Å²) < 4.78 is 0. The van der Waals surface area contributed by atoms with E-state index in [-0.39, 0.29) is 36.8 Å². The minimum Gasteiger partial charge on any atom is -0.392 e. The number of aliphatic hydroxyl groups excluding tert-OH is 1. The largest absolute Gasteiger partial charge is 0.392 e. The summed E-state index contributed by atoms with van der Waals surface area (Å²) in [5.41, 5.74) is 6.29. The lowest BCUT2D eigenvalue weighted by atomic mass is 9.98. The van der Waals surface area contributed by atoms with Gasteiger partial charge in [-0.2, -0.15) is 0 Å². The molecule has 3 heterocycles. The molecule has 0 unspecified atom stereocenters. The van der Waals surface area contributed by atoms with E-state index in [1.807, 2.05) is 0 Å². The number of nitrogens with one attached hydrogen (secondary N) is 5. The van der Waals surface area contributed by atoms with Gasteiger partial charge in [0.1, 0.15) is 30.2 Å². The average Bonchev–Trinajstić information content (AvgIpc) is 3.04. The highest BCUT2D eigenvalue weighted by atomic mass is 16.5. The fraction of sp³-hybridized carbons (Fsp3) is 0.600. The molecule has 1 aromatic carbocycles. The van der Waals surface area contributed by atoms with Gasteiger partial charge < -0.3 is 21.1 Å². The Morgan fingerprint density at radius 2 is 1.59 bits per heavy atom. The first-order chi connectivity index (χ1) is 21.9. The Morgan fingerprint density at radius 3 is 2.28 bits per heavy atom. The van der Waals surface area contributed by atoms with E-state index in [1.165, 1.54) is 6.92 Å². The monoisotopic (exact) mass is 644 g/mol. The fourth-order valence-corrected chi connectivity index (χ4v) is 5.82. The second-order valence-corrected chi connectivity index (χ2v) is 12.3. The highest BCUT2D eigenvalue weighted by Gasteiger charge is 2.44. The van der Waals surface area contributed by atoms with Crippen LogP contribution < -0.4 is 26.8 Å². The molecular formula is C30H44N8O8. The molecule has 3 aliphatic rings. The standard InChI is InChI=1S/C30H44N8O8/c1-17(2)12-24-30(45)37-23(14-20(39)15-33-37)27(42)34-18(3)28(43)36-22(10-7-11-32-36)26(41)31-16-25(40)35-21(29(44)38(24)46)13-19-8-5-4-6-9-19/h4-6,8-9,17-18,20-24,32-33,39,46H,7,10-16H2,1-3H3,(H,31,41)(H,34,42)(H,35,40)/t18-,20+,21+,22+,23+,24-/m0/s1. The molecule has 0 bridgehead atoms. The van der Waals surface area contributed by atoms with Crippen LogP contribution in [0.4, 0.5) is 0 Å². The molecule has 3 fully saturated rings. The van der Waals surface area contributed by atoms with Crippen molar-refractivity contribution in [3.63, 3.8) is 0 Å². The maximum atomic E-state index is 14.0. The van der Waals surface area contributed by atoms with Gasteiger partial charge in [0.05, 0.1) is 12.6 Å². The lowest BCUT2D eigenvalue weighted by molar-refractivity contribution is -0.190. The van der Waals surface area contributed by atoms with E-state index in [1.54, 1.807) is 44.2 Å². The molecule has 3 aliphatic heterocycles. The summed E-state index contributed by atoms with van der Waals surface area (Å²) in [4.78, 5) is 81.2. The Morgan fingerprint density at radius 1 is 0.891 bits per heavy atom. The van der Waals surface area contributed by atoms with Crippen molar-refractivity contribution in [2.45, 2.75) is 89.2 Å². The molecule has 6 atom stereocenters. The Kier molecular flexibility index (Phi) is 11.7. The fourth-order valence-electron chi connectivity index (χ4n) is 5.82. The van der Waals surface area contributed by atoms with Crippen LogP contribution in [-0.4, -0.2) is 117 Å². The first kappa shape index (κ1) is 34.7. The third kappa shape index (κ3) is 8.37. The van der Waals surface area contributed by atoms with Gasteiger partial charge in [-0.1, -0.05) is 44.2 Å². The molecule has 0 aliphatic carbocycles. The summed E-state index contributed by atoms with van der Waals surface area (Å²) in [7, 11) is 0. The van der Waals surface area contributed by atoms with Gasteiger partial charge in [-0.15, -0.1) is 0 Å². The molecule has 46 heavy (non-hydrogen) atoms. The minimum absolute atomic E-state index is 0.00485. The van der Waals surface area contributed by atoms with Crippen molar-refractivity contribution in [3.8, 4) is 0 Å². The maximum absolute atomic E-state index is 14.0. The van der Waals surface area contributed by atoms with E-state index >= 15 is 0 Å². The second kappa shape index (κ2) is 15.4. The first-order valence-corrected chi connectivity index (χ1v) is 15.6. The van der Waals surface area contributed by atoms with Gasteiger partial charge in [0.25, 0.3) is 17.7 Å². The van der Waals surface area contributed by atoms with E-state index in [4.69, 9.17) is 0 Å². The molecule has 3 saturated heterocycles. The molecule has 0 saturated carbocycles. The van der Waals surface area contributed by atoms with Crippen LogP contribution in [0.3, 0.4) is 0 Å². The number of benzene rings is 1. The molecule has 16 heteroatoms. The zero-order valence-corrected chi connectivity index (χ0v) is 26.3. The van der Waals surface area contributed by atoms with Crippen LogP contribution in [0.15, 0.2) is 30.3 Å². The molecule has 0 radical (unpaired) electrons. The summed E-state index contributed by atoms with van der Waals surface area (Å²) in [6.07, 6.45) is -0.380. The van der Waals surface area contributed by atoms with Crippen molar-refractivity contribution in [2.24, 2.45) is 5.92 Å². The second-order valence-electron chi connectivity index (χ2n) is 12.3. The normalized spacial score (nSPS) is 29.3. The zero-order chi connectivity index (χ0) is 33.5. The van der Waals surface area contributed by atoms with Gasteiger partial charge in [-0.3, -0.25) is 44.0 Å². The molecule has 252 valence electrons. The topological polar surface area (TPSA) is 213 Å². The smallest absolute Gasteiger partial charge is 0.269 e.